The van der Waals surface area contributed by atoms with Crippen LogP contribution in [0.5, 0.6) is 5.75 Å². The van der Waals surface area contributed by atoms with Crippen molar-refractivity contribution in [3.8, 4) is 5.75 Å². The van der Waals surface area contributed by atoms with Crippen LogP contribution in [-0.4, -0.2) is 23.6 Å². The van der Waals surface area contributed by atoms with Crippen LogP contribution < -0.4 is 15.4 Å². The number of benzene rings is 1. The summed E-state index contributed by atoms with van der Waals surface area (Å²) in [6.07, 6.45) is 2.25. The van der Waals surface area contributed by atoms with Crippen molar-refractivity contribution in [3.63, 3.8) is 0 Å². The van der Waals surface area contributed by atoms with Gasteiger partial charge in [-0.05, 0) is 31.5 Å². The van der Waals surface area contributed by atoms with Crippen LogP contribution >= 0.6 is 11.6 Å². The zero-order valence-corrected chi connectivity index (χ0v) is 13.9. The predicted molar refractivity (Wildman–Crippen MR) is 91.5 cm³/mol. The number of ether oxygens (including phenoxy) is 1. The van der Waals surface area contributed by atoms with Gasteiger partial charge in [-0.15, -0.1) is 0 Å². The Hall–Kier alpha value is -2.01. The Balaban J connectivity index is 2.20. The summed E-state index contributed by atoms with van der Waals surface area (Å²) >= 11 is 6.05. The maximum Gasteiger partial charge on any atom is 0.142 e. The summed E-state index contributed by atoms with van der Waals surface area (Å²) in [6.45, 7) is 4.92. The van der Waals surface area contributed by atoms with Crippen molar-refractivity contribution in [1.82, 2.24) is 9.97 Å². The maximum absolute atomic E-state index is 6.05. The first-order chi connectivity index (χ1) is 10.6. The minimum absolute atomic E-state index is 0.635. The van der Waals surface area contributed by atoms with E-state index in [2.05, 4.69) is 27.5 Å². The second-order valence-corrected chi connectivity index (χ2v) is 5.37. The number of rotatable bonds is 7. The topological polar surface area (TPSA) is 59.1 Å². The van der Waals surface area contributed by atoms with Crippen LogP contribution in [0.2, 0.25) is 5.02 Å². The van der Waals surface area contributed by atoms with Gasteiger partial charge >= 0.3 is 0 Å². The van der Waals surface area contributed by atoms with Crippen LogP contribution in [-0.2, 0) is 0 Å². The van der Waals surface area contributed by atoms with Crippen molar-refractivity contribution in [2.45, 2.75) is 26.7 Å². The first kappa shape index (κ1) is 16.4. The van der Waals surface area contributed by atoms with Crippen molar-refractivity contribution >= 4 is 28.9 Å². The van der Waals surface area contributed by atoms with E-state index in [0.717, 1.165) is 30.9 Å². The Morgan fingerprint density at radius 2 is 1.95 bits per heavy atom. The van der Waals surface area contributed by atoms with Gasteiger partial charge in [0.25, 0.3) is 0 Å². The van der Waals surface area contributed by atoms with E-state index in [9.17, 15) is 0 Å². The van der Waals surface area contributed by atoms with Gasteiger partial charge in [-0.2, -0.15) is 0 Å². The highest BCUT2D eigenvalue weighted by Crippen LogP contribution is 2.30. The molecule has 0 bridgehead atoms. The van der Waals surface area contributed by atoms with Crippen LogP contribution in [0.4, 0.5) is 17.3 Å². The van der Waals surface area contributed by atoms with Crippen LogP contribution in [0.3, 0.4) is 0 Å². The van der Waals surface area contributed by atoms with Gasteiger partial charge in [0.2, 0.25) is 0 Å². The number of anilines is 3. The van der Waals surface area contributed by atoms with Gasteiger partial charge in [0.1, 0.15) is 23.2 Å². The average Bonchev–Trinajstić information content (AvgIpc) is 2.47. The van der Waals surface area contributed by atoms with Crippen molar-refractivity contribution in [2.24, 2.45) is 0 Å². The summed E-state index contributed by atoms with van der Waals surface area (Å²) in [5.41, 5.74) is 0.771. The van der Waals surface area contributed by atoms with Crippen molar-refractivity contribution in [1.29, 1.82) is 0 Å². The second kappa shape index (κ2) is 7.84. The second-order valence-electron chi connectivity index (χ2n) is 4.94. The Bertz CT molecular complexity index is 634. The third-order valence-electron chi connectivity index (χ3n) is 3.10. The molecule has 2 rings (SSSR count). The van der Waals surface area contributed by atoms with E-state index in [1.807, 2.05) is 25.1 Å². The molecule has 0 aliphatic heterocycles. The first-order valence-corrected chi connectivity index (χ1v) is 7.70. The van der Waals surface area contributed by atoms with Gasteiger partial charge in [-0.1, -0.05) is 24.9 Å². The molecule has 0 amide bonds. The molecule has 0 radical (unpaired) electrons. The first-order valence-electron chi connectivity index (χ1n) is 7.32. The molecule has 0 aliphatic rings. The average molecular weight is 321 g/mol. The van der Waals surface area contributed by atoms with Gasteiger partial charge in [-0.25, -0.2) is 9.97 Å². The number of methoxy groups -OCH3 is 1. The molecule has 0 fully saturated rings. The quantitative estimate of drug-likeness (QED) is 0.740. The Kier molecular flexibility index (Phi) is 5.83. The number of aryl methyl sites for hydroxylation is 1. The molecular formula is C16H21ClN4O. The SMILES string of the molecule is CCCCNc1cc(Nc2cc(Cl)ccc2OC)nc(C)n1. The molecule has 22 heavy (non-hydrogen) atoms. The fourth-order valence-corrected chi connectivity index (χ4v) is 2.20. The maximum atomic E-state index is 6.05. The predicted octanol–water partition coefficient (Wildman–Crippen LogP) is 4.40. The summed E-state index contributed by atoms with van der Waals surface area (Å²) in [5.74, 6) is 2.92. The highest BCUT2D eigenvalue weighted by atomic mass is 35.5. The van der Waals surface area contributed by atoms with E-state index < -0.39 is 0 Å². The molecule has 1 aromatic heterocycles. The Labute approximate surface area is 136 Å². The molecule has 1 heterocycles. The fourth-order valence-electron chi connectivity index (χ4n) is 2.03. The Morgan fingerprint density at radius 1 is 1.18 bits per heavy atom. The smallest absolute Gasteiger partial charge is 0.142 e. The summed E-state index contributed by atoms with van der Waals surface area (Å²) in [4.78, 5) is 8.79. The zero-order valence-electron chi connectivity index (χ0n) is 13.1. The van der Waals surface area contributed by atoms with E-state index in [0.29, 0.717) is 22.4 Å². The van der Waals surface area contributed by atoms with Crippen molar-refractivity contribution in [3.05, 3.63) is 35.1 Å². The molecule has 5 nitrogen and oxygen atoms in total. The lowest BCUT2D eigenvalue weighted by atomic mass is 10.3. The number of unbranched alkanes of at least 4 members (excludes halogenated alkanes) is 1. The van der Waals surface area contributed by atoms with Crippen LogP contribution in [0.25, 0.3) is 0 Å². The number of nitrogens with one attached hydrogen (secondary N) is 2. The number of nitrogens with zero attached hydrogens (tertiary/aromatic N) is 2. The third kappa shape index (κ3) is 4.49. The normalized spacial score (nSPS) is 10.4. The van der Waals surface area contributed by atoms with Crippen molar-refractivity contribution in [2.75, 3.05) is 24.3 Å². The Morgan fingerprint density at radius 3 is 2.68 bits per heavy atom. The van der Waals surface area contributed by atoms with Crippen LogP contribution in [0.15, 0.2) is 24.3 Å². The van der Waals surface area contributed by atoms with Gasteiger partial charge in [0.05, 0.1) is 12.8 Å². The number of aromatic nitrogens is 2. The van der Waals surface area contributed by atoms with Crippen LogP contribution in [0, 0.1) is 6.92 Å². The lowest BCUT2D eigenvalue weighted by molar-refractivity contribution is 0.417. The summed E-state index contributed by atoms with van der Waals surface area (Å²) < 4.78 is 5.33. The summed E-state index contributed by atoms with van der Waals surface area (Å²) in [7, 11) is 1.62. The molecule has 0 spiro atoms. The molecule has 0 saturated carbocycles. The third-order valence-corrected chi connectivity index (χ3v) is 3.33. The molecule has 118 valence electrons. The fraction of sp³-hybridized carbons (Fsp3) is 0.375. The molecule has 2 aromatic rings. The van der Waals surface area contributed by atoms with Gasteiger partial charge < -0.3 is 15.4 Å². The molecule has 1 aromatic carbocycles. The minimum atomic E-state index is 0.635. The van der Waals surface area contributed by atoms with Gasteiger partial charge in [0, 0.05) is 17.6 Å². The van der Waals surface area contributed by atoms with E-state index in [1.54, 1.807) is 13.2 Å². The van der Waals surface area contributed by atoms with E-state index in [4.69, 9.17) is 16.3 Å². The molecular weight excluding hydrogens is 300 g/mol. The number of hydrogen-bond acceptors (Lipinski definition) is 5. The lowest BCUT2D eigenvalue weighted by Crippen LogP contribution is -2.06. The van der Waals surface area contributed by atoms with E-state index in [1.165, 1.54) is 0 Å². The van der Waals surface area contributed by atoms with Crippen LogP contribution in [0.1, 0.15) is 25.6 Å². The number of hydrogen-bond donors (Lipinski definition) is 2. The molecule has 6 heteroatoms. The minimum Gasteiger partial charge on any atom is -0.495 e. The standard InChI is InChI=1S/C16H21ClN4O/c1-4-5-8-18-15-10-16(20-11(2)19-15)21-13-9-12(17)6-7-14(13)22-3/h6-7,9-10H,4-5,8H2,1-3H3,(H2,18,19,20,21). The number of halogens is 1. The lowest BCUT2D eigenvalue weighted by Gasteiger charge is -2.13. The van der Waals surface area contributed by atoms with Gasteiger partial charge in [-0.3, -0.25) is 0 Å². The monoisotopic (exact) mass is 320 g/mol. The largest absolute Gasteiger partial charge is 0.495 e. The van der Waals surface area contributed by atoms with E-state index in [-0.39, 0.29) is 0 Å². The highest BCUT2D eigenvalue weighted by molar-refractivity contribution is 6.31. The molecule has 0 atom stereocenters. The van der Waals surface area contributed by atoms with Crippen molar-refractivity contribution < 1.29 is 4.74 Å². The summed E-state index contributed by atoms with van der Waals surface area (Å²) in [6, 6.07) is 7.29. The zero-order chi connectivity index (χ0) is 15.9. The molecule has 0 saturated heterocycles. The molecule has 0 unspecified atom stereocenters. The highest BCUT2D eigenvalue weighted by Gasteiger charge is 2.07. The molecule has 0 aliphatic carbocycles. The van der Waals surface area contributed by atoms with E-state index >= 15 is 0 Å². The molecule has 2 N–H and O–H groups in total. The summed E-state index contributed by atoms with van der Waals surface area (Å²) in [5, 5.41) is 7.17. The van der Waals surface area contributed by atoms with Gasteiger partial charge in [0.15, 0.2) is 0 Å².